The molecule has 2 N–H and O–H groups in total. The number of fused-ring (bicyclic) bond motifs is 1. The number of aromatic nitrogens is 3. The first-order chi connectivity index (χ1) is 15.0. The van der Waals surface area contributed by atoms with Gasteiger partial charge in [0, 0.05) is 5.02 Å². The lowest BCUT2D eigenvalue weighted by Crippen LogP contribution is -2.28. The van der Waals surface area contributed by atoms with Crippen LogP contribution in [0, 0.1) is 0 Å². The maximum atomic E-state index is 12.5. The van der Waals surface area contributed by atoms with E-state index in [1.807, 2.05) is 25.1 Å². The number of aromatic amines is 1. The van der Waals surface area contributed by atoms with E-state index in [9.17, 15) is 4.79 Å². The Balaban J connectivity index is 1.37. The van der Waals surface area contributed by atoms with Gasteiger partial charge in [0.25, 0.3) is 0 Å². The molecule has 0 aliphatic carbocycles. The van der Waals surface area contributed by atoms with Gasteiger partial charge in [-0.3, -0.25) is 9.89 Å². The Morgan fingerprint density at radius 1 is 1.16 bits per heavy atom. The summed E-state index contributed by atoms with van der Waals surface area (Å²) in [6.07, 6.45) is 0. The molecule has 1 atom stereocenters. The number of methoxy groups -OCH3 is 1. The molecule has 1 aromatic heterocycles. The number of halogens is 1. The third-order valence-electron chi connectivity index (χ3n) is 4.86. The van der Waals surface area contributed by atoms with Crippen LogP contribution >= 0.6 is 23.4 Å². The van der Waals surface area contributed by atoms with Gasteiger partial charge in [0.1, 0.15) is 5.75 Å². The van der Waals surface area contributed by atoms with Gasteiger partial charge in [0.15, 0.2) is 5.82 Å². The average molecular weight is 453 g/mol. The van der Waals surface area contributed by atoms with E-state index in [4.69, 9.17) is 16.3 Å². The zero-order valence-corrected chi connectivity index (χ0v) is 18.6. The molecule has 0 aliphatic rings. The van der Waals surface area contributed by atoms with E-state index >= 15 is 0 Å². The normalized spacial score (nSPS) is 12.0. The van der Waals surface area contributed by atoms with Crippen molar-refractivity contribution in [1.82, 2.24) is 20.5 Å². The molecule has 0 aliphatic heterocycles. The van der Waals surface area contributed by atoms with Crippen molar-refractivity contribution in [2.24, 2.45) is 0 Å². The van der Waals surface area contributed by atoms with Gasteiger partial charge in [-0.15, -0.1) is 5.10 Å². The number of rotatable bonds is 7. The van der Waals surface area contributed by atoms with Crippen LogP contribution in [0.3, 0.4) is 0 Å². The number of hydrogen-bond acceptors (Lipinski definition) is 5. The quantitative estimate of drug-likeness (QED) is 0.374. The van der Waals surface area contributed by atoms with Gasteiger partial charge in [-0.1, -0.05) is 59.8 Å². The van der Waals surface area contributed by atoms with Crippen molar-refractivity contribution in [2.75, 3.05) is 12.9 Å². The van der Waals surface area contributed by atoms with Crippen molar-refractivity contribution in [3.63, 3.8) is 0 Å². The Labute approximate surface area is 189 Å². The van der Waals surface area contributed by atoms with E-state index in [0.717, 1.165) is 10.9 Å². The highest BCUT2D eigenvalue weighted by Crippen LogP contribution is 2.31. The van der Waals surface area contributed by atoms with Gasteiger partial charge in [0.05, 0.1) is 24.5 Å². The maximum Gasteiger partial charge on any atom is 0.230 e. The summed E-state index contributed by atoms with van der Waals surface area (Å²) < 4.78 is 5.36. The van der Waals surface area contributed by atoms with Gasteiger partial charge in [-0.2, -0.15) is 0 Å². The van der Waals surface area contributed by atoms with Crippen molar-refractivity contribution < 1.29 is 9.53 Å². The lowest BCUT2D eigenvalue weighted by molar-refractivity contribution is -0.119. The number of nitrogens with zero attached hydrogens (tertiary/aromatic N) is 2. The molecule has 1 heterocycles. The number of thioether (sulfide) groups is 1. The number of H-pyrrole nitrogens is 1. The SMILES string of the molecule is COc1ccc(Cl)cc1-c1nc(SCC(=O)NC(C)c2ccc3ccccc3c2)n[nH]1. The third-order valence-corrected chi connectivity index (χ3v) is 5.95. The molecule has 0 bridgehead atoms. The van der Waals surface area contributed by atoms with Crippen molar-refractivity contribution in [3.05, 3.63) is 71.2 Å². The summed E-state index contributed by atoms with van der Waals surface area (Å²) in [6, 6.07) is 19.6. The number of amides is 1. The van der Waals surface area contributed by atoms with Crippen LogP contribution < -0.4 is 10.1 Å². The number of carbonyl (C=O) groups excluding carboxylic acids is 1. The first-order valence-corrected chi connectivity index (χ1v) is 11.1. The summed E-state index contributed by atoms with van der Waals surface area (Å²) in [5.74, 6) is 1.30. The molecule has 1 amide bonds. The first kappa shape index (κ1) is 21.2. The van der Waals surface area contributed by atoms with Crippen LogP contribution in [0.1, 0.15) is 18.5 Å². The molecule has 4 aromatic rings. The molecule has 1 unspecified atom stereocenters. The molecule has 3 aromatic carbocycles. The molecule has 6 nitrogen and oxygen atoms in total. The minimum absolute atomic E-state index is 0.0858. The van der Waals surface area contributed by atoms with E-state index in [2.05, 4.69) is 44.8 Å². The summed E-state index contributed by atoms with van der Waals surface area (Å²) in [4.78, 5) is 16.9. The predicted octanol–water partition coefficient (Wildman–Crippen LogP) is 5.26. The smallest absolute Gasteiger partial charge is 0.230 e. The van der Waals surface area contributed by atoms with Gasteiger partial charge in [-0.05, 0) is 47.5 Å². The van der Waals surface area contributed by atoms with Crippen LogP contribution in [-0.2, 0) is 4.79 Å². The molecule has 8 heteroatoms. The molecular weight excluding hydrogens is 432 g/mol. The van der Waals surface area contributed by atoms with E-state index < -0.39 is 0 Å². The van der Waals surface area contributed by atoms with Crippen molar-refractivity contribution >= 4 is 40.0 Å². The second kappa shape index (κ2) is 9.41. The van der Waals surface area contributed by atoms with Gasteiger partial charge >= 0.3 is 0 Å². The van der Waals surface area contributed by atoms with E-state index in [0.29, 0.717) is 27.3 Å². The lowest BCUT2D eigenvalue weighted by Gasteiger charge is -2.14. The van der Waals surface area contributed by atoms with Crippen molar-refractivity contribution in [1.29, 1.82) is 0 Å². The van der Waals surface area contributed by atoms with Crippen LogP contribution in [-0.4, -0.2) is 34.0 Å². The van der Waals surface area contributed by atoms with Crippen LogP contribution in [0.5, 0.6) is 5.75 Å². The van der Waals surface area contributed by atoms with Crippen molar-refractivity contribution in [3.8, 4) is 17.1 Å². The van der Waals surface area contributed by atoms with Gasteiger partial charge in [-0.25, -0.2) is 4.98 Å². The predicted molar refractivity (Wildman–Crippen MR) is 125 cm³/mol. The summed E-state index contributed by atoms with van der Waals surface area (Å²) in [5.41, 5.74) is 1.77. The zero-order valence-electron chi connectivity index (χ0n) is 17.1. The van der Waals surface area contributed by atoms with E-state index in [-0.39, 0.29) is 17.7 Å². The molecule has 0 spiro atoms. The Bertz CT molecular complexity index is 1230. The molecular formula is C23H21ClN4O2S. The number of nitrogens with one attached hydrogen (secondary N) is 2. The second-order valence-electron chi connectivity index (χ2n) is 7.00. The van der Waals surface area contributed by atoms with E-state index in [1.54, 1.807) is 25.3 Å². The molecule has 0 radical (unpaired) electrons. The molecule has 4 rings (SSSR count). The summed E-state index contributed by atoms with van der Waals surface area (Å²) >= 11 is 7.35. The molecule has 0 saturated heterocycles. The minimum Gasteiger partial charge on any atom is -0.496 e. The summed E-state index contributed by atoms with van der Waals surface area (Å²) in [6.45, 7) is 1.98. The molecule has 31 heavy (non-hydrogen) atoms. The van der Waals surface area contributed by atoms with Crippen LogP contribution in [0.25, 0.3) is 22.2 Å². The lowest BCUT2D eigenvalue weighted by atomic mass is 10.0. The average Bonchev–Trinajstić information content (AvgIpc) is 3.26. The summed E-state index contributed by atoms with van der Waals surface area (Å²) in [7, 11) is 1.58. The highest BCUT2D eigenvalue weighted by atomic mass is 35.5. The molecule has 0 fully saturated rings. The summed E-state index contributed by atoms with van der Waals surface area (Å²) in [5, 5.41) is 13.5. The third kappa shape index (κ3) is 5.00. The Kier molecular flexibility index (Phi) is 6.44. The first-order valence-electron chi connectivity index (χ1n) is 9.70. The van der Waals surface area contributed by atoms with Crippen molar-refractivity contribution in [2.45, 2.75) is 18.1 Å². The Hall–Kier alpha value is -3.03. The fourth-order valence-electron chi connectivity index (χ4n) is 3.27. The number of carbonyl (C=O) groups is 1. The topological polar surface area (TPSA) is 79.9 Å². The monoisotopic (exact) mass is 452 g/mol. The maximum absolute atomic E-state index is 12.5. The standard InChI is InChI=1S/C23H21ClN4O2S/c1-14(16-8-7-15-5-3-4-6-17(15)11-16)25-21(29)13-31-23-26-22(27-28-23)19-12-18(24)9-10-20(19)30-2/h3-12,14H,13H2,1-2H3,(H,25,29)(H,26,27,28). The van der Waals surface area contributed by atoms with Gasteiger partial charge in [0.2, 0.25) is 11.1 Å². The van der Waals surface area contributed by atoms with Crippen LogP contribution in [0.15, 0.2) is 65.8 Å². The van der Waals surface area contributed by atoms with Crippen LogP contribution in [0.2, 0.25) is 5.02 Å². The Morgan fingerprint density at radius 2 is 1.97 bits per heavy atom. The molecule has 158 valence electrons. The largest absolute Gasteiger partial charge is 0.496 e. The van der Waals surface area contributed by atoms with Crippen LogP contribution in [0.4, 0.5) is 0 Å². The van der Waals surface area contributed by atoms with E-state index in [1.165, 1.54) is 17.1 Å². The number of ether oxygens (including phenoxy) is 1. The van der Waals surface area contributed by atoms with Gasteiger partial charge < -0.3 is 10.1 Å². The highest BCUT2D eigenvalue weighted by Gasteiger charge is 2.15. The second-order valence-corrected chi connectivity index (χ2v) is 8.37. The Morgan fingerprint density at radius 3 is 2.77 bits per heavy atom. The fraction of sp³-hybridized carbons (Fsp3) is 0.174. The fourth-order valence-corrected chi connectivity index (χ4v) is 4.05. The molecule has 0 saturated carbocycles. The highest BCUT2D eigenvalue weighted by molar-refractivity contribution is 7.99. The minimum atomic E-state index is -0.101. The number of benzene rings is 3. The zero-order chi connectivity index (χ0) is 21.8. The number of hydrogen-bond donors (Lipinski definition) is 2.